The molecule has 0 aromatic heterocycles. The number of halogens is 4. The van der Waals surface area contributed by atoms with Crippen molar-refractivity contribution in [2.45, 2.75) is 77.6 Å². The quantitative estimate of drug-likeness (QED) is 0.112. The molecule has 0 unspecified atom stereocenters. The topological polar surface area (TPSA) is 75.6 Å². The summed E-state index contributed by atoms with van der Waals surface area (Å²) in [6, 6.07) is 4.20. The highest BCUT2D eigenvalue weighted by Gasteiger charge is 2.38. The summed E-state index contributed by atoms with van der Waals surface area (Å²) in [5.41, 5.74) is 1.03. The maximum absolute atomic E-state index is 15.6. The molecule has 2 atom stereocenters. The van der Waals surface area contributed by atoms with Crippen LogP contribution in [0, 0.1) is 19.7 Å². The molecule has 0 aliphatic heterocycles. The van der Waals surface area contributed by atoms with Crippen LogP contribution in [0.3, 0.4) is 0 Å². The van der Waals surface area contributed by atoms with Crippen LogP contribution in [0.15, 0.2) is 49.6 Å². The maximum atomic E-state index is 15.6. The van der Waals surface area contributed by atoms with Gasteiger partial charge in [-0.25, -0.2) is 4.39 Å². The van der Waals surface area contributed by atoms with Crippen molar-refractivity contribution in [1.82, 2.24) is 5.32 Å². The standard InChI is InChI=1S/C31H37F4NO4/c1-6-9-10-11-13-21-15-19(4)14-20(5)28(21)22-16-23(29(32)24(17-22)31(33,34)35)25(18-27(38)40-8-3)36-30(39)26(37)12-7-2/h6-7,14-17,25-26,37H,1-2,8-13,18H2,3-5H3,(H,36,39)/t25-,26+/m0/s1. The number of rotatable bonds is 14. The van der Waals surface area contributed by atoms with Crippen molar-refractivity contribution in [3.8, 4) is 11.1 Å². The minimum Gasteiger partial charge on any atom is -0.466 e. The number of hydrogen-bond acceptors (Lipinski definition) is 4. The predicted molar refractivity (Wildman–Crippen MR) is 147 cm³/mol. The molecule has 2 aromatic carbocycles. The van der Waals surface area contributed by atoms with E-state index in [-0.39, 0.29) is 18.6 Å². The van der Waals surface area contributed by atoms with Crippen LogP contribution >= 0.6 is 0 Å². The number of benzene rings is 2. The molecule has 0 fully saturated rings. The molecular formula is C31H37F4NO4. The lowest BCUT2D eigenvalue weighted by molar-refractivity contribution is -0.144. The number of nitrogens with one attached hydrogen (secondary N) is 1. The highest BCUT2D eigenvalue weighted by atomic mass is 19.4. The Kier molecular flexibility index (Phi) is 12.1. The maximum Gasteiger partial charge on any atom is 0.419 e. The smallest absolute Gasteiger partial charge is 0.419 e. The Hall–Kier alpha value is -3.46. The average molecular weight is 564 g/mol. The van der Waals surface area contributed by atoms with Crippen molar-refractivity contribution in [3.63, 3.8) is 0 Å². The highest BCUT2D eigenvalue weighted by molar-refractivity contribution is 5.82. The molecule has 0 saturated heterocycles. The lowest BCUT2D eigenvalue weighted by atomic mass is 9.87. The van der Waals surface area contributed by atoms with E-state index >= 15 is 4.39 Å². The molecule has 0 aliphatic carbocycles. The number of alkyl halides is 3. The first-order valence-electron chi connectivity index (χ1n) is 13.2. The van der Waals surface area contributed by atoms with E-state index in [4.69, 9.17) is 4.74 Å². The zero-order valence-corrected chi connectivity index (χ0v) is 23.2. The van der Waals surface area contributed by atoms with E-state index in [1.165, 1.54) is 12.1 Å². The fraction of sp³-hybridized carbons (Fsp3) is 0.419. The van der Waals surface area contributed by atoms with Crippen molar-refractivity contribution in [3.05, 3.63) is 83.2 Å². The number of amides is 1. The lowest BCUT2D eigenvalue weighted by Crippen LogP contribution is -2.38. The summed E-state index contributed by atoms with van der Waals surface area (Å²) in [5.74, 6) is -3.44. The van der Waals surface area contributed by atoms with Crippen LogP contribution in [-0.4, -0.2) is 29.7 Å². The molecule has 0 aliphatic rings. The Morgan fingerprint density at radius 3 is 2.40 bits per heavy atom. The van der Waals surface area contributed by atoms with E-state index in [1.54, 1.807) is 19.9 Å². The third-order valence-electron chi connectivity index (χ3n) is 6.42. The first-order valence-corrected chi connectivity index (χ1v) is 13.2. The van der Waals surface area contributed by atoms with Gasteiger partial charge < -0.3 is 15.2 Å². The summed E-state index contributed by atoms with van der Waals surface area (Å²) in [7, 11) is 0. The Labute approximate surface area is 232 Å². The van der Waals surface area contributed by atoms with Gasteiger partial charge >= 0.3 is 12.1 Å². The van der Waals surface area contributed by atoms with Crippen LogP contribution in [0.4, 0.5) is 17.6 Å². The number of hydrogen-bond donors (Lipinski definition) is 2. The van der Waals surface area contributed by atoms with Gasteiger partial charge in [0.25, 0.3) is 0 Å². The highest BCUT2D eigenvalue weighted by Crippen LogP contribution is 2.40. The monoisotopic (exact) mass is 563 g/mol. The van der Waals surface area contributed by atoms with Crippen molar-refractivity contribution in [1.29, 1.82) is 0 Å². The normalized spacial score (nSPS) is 12.9. The minimum atomic E-state index is -5.06. The Balaban J connectivity index is 2.77. The summed E-state index contributed by atoms with van der Waals surface area (Å²) in [5, 5.41) is 12.4. The molecule has 2 N–H and O–H groups in total. The largest absolute Gasteiger partial charge is 0.466 e. The zero-order chi connectivity index (χ0) is 30.0. The van der Waals surface area contributed by atoms with Gasteiger partial charge in [0.2, 0.25) is 5.91 Å². The van der Waals surface area contributed by atoms with Crippen molar-refractivity contribution in [2.75, 3.05) is 6.61 Å². The SMILES string of the molecule is C=CCCCCc1cc(C)cc(C)c1-c1cc([C@H](CC(=O)OCC)NC(=O)[C@H](O)CC=C)c(F)c(C(F)(F)F)c1. The lowest BCUT2D eigenvalue weighted by Gasteiger charge is -2.24. The number of esters is 1. The van der Waals surface area contributed by atoms with Crippen molar-refractivity contribution < 1.29 is 37.0 Å². The van der Waals surface area contributed by atoms with Crippen LogP contribution in [0.1, 0.15) is 72.9 Å². The minimum absolute atomic E-state index is 0.0211. The van der Waals surface area contributed by atoms with E-state index in [1.807, 2.05) is 19.1 Å². The number of aliphatic hydroxyl groups excluding tert-OH is 1. The van der Waals surface area contributed by atoms with Crippen molar-refractivity contribution in [2.24, 2.45) is 0 Å². The van der Waals surface area contributed by atoms with E-state index in [9.17, 15) is 27.9 Å². The van der Waals surface area contributed by atoms with Gasteiger partial charge in [0.1, 0.15) is 11.9 Å². The predicted octanol–water partition coefficient (Wildman–Crippen LogP) is 7.07. The summed E-state index contributed by atoms with van der Waals surface area (Å²) >= 11 is 0. The summed E-state index contributed by atoms with van der Waals surface area (Å²) in [4.78, 5) is 25.0. The van der Waals surface area contributed by atoms with E-state index in [0.29, 0.717) is 17.5 Å². The Bertz CT molecular complexity index is 1220. The molecule has 9 heteroatoms. The van der Waals surface area contributed by atoms with Gasteiger partial charge in [-0.15, -0.1) is 13.2 Å². The first-order chi connectivity index (χ1) is 18.8. The van der Waals surface area contributed by atoms with E-state index in [0.717, 1.165) is 36.5 Å². The van der Waals surface area contributed by atoms with Crippen LogP contribution in [0.5, 0.6) is 0 Å². The molecule has 0 radical (unpaired) electrons. The molecule has 40 heavy (non-hydrogen) atoms. The van der Waals surface area contributed by atoms with E-state index in [2.05, 4.69) is 18.5 Å². The molecule has 0 saturated carbocycles. The molecule has 0 heterocycles. The van der Waals surface area contributed by atoms with E-state index < -0.39 is 53.6 Å². The number of allylic oxidation sites excluding steroid dienone is 1. The van der Waals surface area contributed by atoms with Gasteiger partial charge in [0.15, 0.2) is 0 Å². The van der Waals surface area contributed by atoms with Gasteiger partial charge in [-0.2, -0.15) is 13.2 Å². The molecule has 1 amide bonds. The average Bonchev–Trinajstić information content (AvgIpc) is 2.86. The molecular weight excluding hydrogens is 526 g/mol. The first kappa shape index (κ1) is 32.8. The molecule has 5 nitrogen and oxygen atoms in total. The second-order valence-electron chi connectivity index (χ2n) is 9.69. The second kappa shape index (κ2) is 14.8. The van der Waals surface area contributed by atoms with Crippen LogP contribution in [0.2, 0.25) is 0 Å². The van der Waals surface area contributed by atoms with Crippen molar-refractivity contribution >= 4 is 11.9 Å². The van der Waals surface area contributed by atoms with Gasteiger partial charge in [-0.3, -0.25) is 9.59 Å². The third-order valence-corrected chi connectivity index (χ3v) is 6.42. The Morgan fingerprint density at radius 2 is 1.80 bits per heavy atom. The number of aryl methyl sites for hydroxylation is 3. The molecule has 2 aromatic rings. The molecule has 0 bridgehead atoms. The fourth-order valence-electron chi connectivity index (χ4n) is 4.68. The second-order valence-corrected chi connectivity index (χ2v) is 9.69. The third kappa shape index (κ3) is 8.78. The number of aliphatic hydroxyl groups is 1. The summed E-state index contributed by atoms with van der Waals surface area (Å²) < 4.78 is 62.9. The number of carbonyl (C=O) groups excluding carboxylic acids is 2. The molecule has 0 spiro atoms. The number of ether oxygens (including phenoxy) is 1. The van der Waals surface area contributed by atoms with Gasteiger partial charge in [-0.05, 0) is 80.8 Å². The molecule has 218 valence electrons. The summed E-state index contributed by atoms with van der Waals surface area (Å²) in [6.45, 7) is 12.3. The zero-order valence-electron chi connectivity index (χ0n) is 23.2. The number of carbonyl (C=O) groups is 2. The van der Waals surface area contributed by atoms with Gasteiger partial charge in [-0.1, -0.05) is 29.8 Å². The van der Waals surface area contributed by atoms with Crippen LogP contribution in [0.25, 0.3) is 11.1 Å². The van der Waals surface area contributed by atoms with Gasteiger partial charge in [0.05, 0.1) is 24.6 Å². The van der Waals surface area contributed by atoms with Crippen LogP contribution < -0.4 is 5.32 Å². The number of unbranched alkanes of at least 4 members (excludes halogenated alkanes) is 2. The summed E-state index contributed by atoms with van der Waals surface area (Å²) in [6.07, 6.45) is -1.36. The fourth-order valence-corrected chi connectivity index (χ4v) is 4.68. The van der Waals surface area contributed by atoms with Crippen LogP contribution in [-0.2, 0) is 26.9 Å². The van der Waals surface area contributed by atoms with Gasteiger partial charge in [0, 0.05) is 12.0 Å². The Morgan fingerprint density at radius 1 is 1.10 bits per heavy atom. The molecule has 2 rings (SSSR count).